The first-order valence-corrected chi connectivity index (χ1v) is 9.26. The normalized spacial score (nSPS) is 25.2. The number of aryl methyl sites for hydroxylation is 1. The van der Waals surface area contributed by atoms with Crippen LogP contribution in [0.25, 0.3) is 0 Å². The fourth-order valence-electron chi connectivity index (χ4n) is 4.00. The molecule has 2 aliphatic heterocycles. The zero-order chi connectivity index (χ0) is 18.2. The number of hydrogen-bond donors (Lipinski definition) is 1. The van der Waals surface area contributed by atoms with Gasteiger partial charge in [-0.15, -0.1) is 12.4 Å². The third-order valence-corrected chi connectivity index (χ3v) is 5.76. The molecule has 0 aliphatic carbocycles. The Kier molecular flexibility index (Phi) is 6.35. The van der Waals surface area contributed by atoms with Gasteiger partial charge in [-0.2, -0.15) is 0 Å². The van der Waals surface area contributed by atoms with Gasteiger partial charge >= 0.3 is 0 Å². The Morgan fingerprint density at radius 2 is 2.00 bits per heavy atom. The van der Waals surface area contributed by atoms with Crippen molar-refractivity contribution in [3.05, 3.63) is 29.8 Å². The number of hydrogen-bond acceptors (Lipinski definition) is 3. The van der Waals surface area contributed by atoms with Gasteiger partial charge in [-0.3, -0.25) is 9.59 Å². The molecule has 0 radical (unpaired) electrons. The minimum absolute atomic E-state index is 0. The monoisotopic (exact) mass is 379 g/mol. The van der Waals surface area contributed by atoms with Crippen LogP contribution >= 0.6 is 12.4 Å². The van der Waals surface area contributed by atoms with Crippen LogP contribution < -0.4 is 10.6 Å². The van der Waals surface area contributed by atoms with E-state index in [0.717, 1.165) is 24.1 Å². The summed E-state index contributed by atoms with van der Waals surface area (Å²) in [6.45, 7) is 8.16. The van der Waals surface area contributed by atoms with E-state index in [9.17, 15) is 9.59 Å². The molecule has 0 saturated carbocycles. The second kappa shape index (κ2) is 7.97. The van der Waals surface area contributed by atoms with Gasteiger partial charge in [0.25, 0.3) is 0 Å². The zero-order valence-electron chi connectivity index (χ0n) is 15.9. The van der Waals surface area contributed by atoms with Crippen molar-refractivity contribution in [2.45, 2.75) is 46.1 Å². The van der Waals surface area contributed by atoms with E-state index < -0.39 is 0 Å². The number of nitrogens with two attached hydrogens (primary N) is 1. The summed E-state index contributed by atoms with van der Waals surface area (Å²) in [5, 5.41) is 0. The van der Waals surface area contributed by atoms with Crippen LogP contribution in [0.2, 0.25) is 0 Å². The van der Waals surface area contributed by atoms with Crippen LogP contribution in [0.3, 0.4) is 0 Å². The van der Waals surface area contributed by atoms with Crippen LogP contribution in [-0.4, -0.2) is 42.4 Å². The summed E-state index contributed by atoms with van der Waals surface area (Å²) in [7, 11) is 0. The lowest BCUT2D eigenvalue weighted by Crippen LogP contribution is -2.55. The average molecular weight is 380 g/mol. The van der Waals surface area contributed by atoms with Crippen molar-refractivity contribution in [1.29, 1.82) is 0 Å². The number of likely N-dealkylation sites (tertiary alicyclic amines) is 1. The number of benzene rings is 1. The predicted octanol–water partition coefficient (Wildman–Crippen LogP) is 2.61. The molecule has 1 aromatic rings. The van der Waals surface area contributed by atoms with E-state index in [1.807, 2.05) is 29.2 Å². The molecule has 2 fully saturated rings. The zero-order valence-corrected chi connectivity index (χ0v) is 16.7. The summed E-state index contributed by atoms with van der Waals surface area (Å²) in [5.74, 6) is -0.0976. The topological polar surface area (TPSA) is 66.6 Å². The molecule has 0 bridgehead atoms. The summed E-state index contributed by atoms with van der Waals surface area (Å²) in [4.78, 5) is 29.2. The third-order valence-electron chi connectivity index (χ3n) is 5.76. The molecule has 0 spiro atoms. The van der Waals surface area contributed by atoms with Crippen LogP contribution in [0.5, 0.6) is 0 Å². The van der Waals surface area contributed by atoms with E-state index in [0.29, 0.717) is 26.1 Å². The molecular weight excluding hydrogens is 350 g/mol. The van der Waals surface area contributed by atoms with E-state index >= 15 is 0 Å². The van der Waals surface area contributed by atoms with Gasteiger partial charge < -0.3 is 15.5 Å². The van der Waals surface area contributed by atoms with Gasteiger partial charge in [0.15, 0.2) is 0 Å². The maximum atomic E-state index is 13.0. The number of amides is 2. The Labute approximate surface area is 162 Å². The number of rotatable bonds is 3. The first-order chi connectivity index (χ1) is 11.8. The highest BCUT2D eigenvalue weighted by molar-refractivity contribution is 6.00. The molecule has 2 heterocycles. The van der Waals surface area contributed by atoms with Crippen molar-refractivity contribution in [2.24, 2.45) is 17.1 Å². The minimum atomic E-state index is -0.248. The van der Waals surface area contributed by atoms with Crippen molar-refractivity contribution >= 4 is 29.9 Å². The van der Waals surface area contributed by atoms with Gasteiger partial charge in [-0.1, -0.05) is 39.0 Å². The van der Waals surface area contributed by atoms with Gasteiger partial charge in [0.2, 0.25) is 11.8 Å². The number of carbonyl (C=O) groups excluding carboxylic acids is 2. The van der Waals surface area contributed by atoms with Crippen LogP contribution in [-0.2, 0) is 16.0 Å². The van der Waals surface area contributed by atoms with E-state index in [1.165, 1.54) is 0 Å². The van der Waals surface area contributed by atoms with E-state index in [1.54, 1.807) is 4.90 Å². The maximum absolute atomic E-state index is 13.0. The third kappa shape index (κ3) is 3.89. The van der Waals surface area contributed by atoms with Crippen LogP contribution in [0.1, 0.15) is 39.2 Å². The van der Waals surface area contributed by atoms with Gasteiger partial charge in [-0.05, 0) is 29.9 Å². The molecule has 2 saturated heterocycles. The summed E-state index contributed by atoms with van der Waals surface area (Å²) < 4.78 is 0. The lowest BCUT2D eigenvalue weighted by atomic mass is 9.79. The molecule has 26 heavy (non-hydrogen) atoms. The Balaban J connectivity index is 0.00000243. The SMILES string of the molecule is CCc1ccccc1N1CC(C(=O)N2CCC(N)C(C)(C)C2)CC1=O.Cl. The summed E-state index contributed by atoms with van der Waals surface area (Å²) in [6.07, 6.45) is 2.00. The predicted molar refractivity (Wildman–Crippen MR) is 106 cm³/mol. The first kappa shape index (κ1) is 20.7. The second-order valence-corrected chi connectivity index (χ2v) is 8.03. The molecule has 144 valence electrons. The Morgan fingerprint density at radius 1 is 1.31 bits per heavy atom. The standard InChI is InChI=1S/C20H29N3O2.ClH/c1-4-14-7-5-6-8-16(14)23-12-15(11-18(23)24)19(25)22-10-9-17(21)20(2,3)13-22;/h5-8,15,17H,4,9-13,21H2,1-3H3;1H. The van der Waals surface area contributed by atoms with Crippen molar-refractivity contribution in [3.8, 4) is 0 Å². The van der Waals surface area contributed by atoms with Crippen molar-refractivity contribution < 1.29 is 9.59 Å². The first-order valence-electron chi connectivity index (χ1n) is 9.26. The average Bonchev–Trinajstić information content (AvgIpc) is 2.98. The highest BCUT2D eigenvalue weighted by atomic mass is 35.5. The summed E-state index contributed by atoms with van der Waals surface area (Å²) in [6, 6.07) is 8.09. The number of para-hydroxylation sites is 1. The lowest BCUT2D eigenvalue weighted by molar-refractivity contribution is -0.139. The summed E-state index contributed by atoms with van der Waals surface area (Å²) in [5.41, 5.74) is 8.20. The van der Waals surface area contributed by atoms with Gasteiger partial charge in [0.1, 0.15) is 0 Å². The Hall–Kier alpha value is -1.59. The second-order valence-electron chi connectivity index (χ2n) is 8.03. The van der Waals surface area contributed by atoms with E-state index in [-0.39, 0.29) is 41.6 Å². The number of anilines is 1. The number of nitrogens with zero attached hydrogens (tertiary/aromatic N) is 2. The molecule has 2 aliphatic rings. The number of carbonyl (C=O) groups is 2. The van der Waals surface area contributed by atoms with Gasteiger partial charge in [-0.25, -0.2) is 0 Å². The quantitative estimate of drug-likeness (QED) is 0.877. The molecule has 6 heteroatoms. The molecule has 1 aromatic carbocycles. The molecule has 0 aromatic heterocycles. The fourth-order valence-corrected chi connectivity index (χ4v) is 4.00. The smallest absolute Gasteiger partial charge is 0.228 e. The fraction of sp³-hybridized carbons (Fsp3) is 0.600. The maximum Gasteiger partial charge on any atom is 0.228 e. The Bertz CT molecular complexity index is 677. The summed E-state index contributed by atoms with van der Waals surface area (Å²) >= 11 is 0. The number of halogens is 1. The van der Waals surface area contributed by atoms with Gasteiger partial charge in [0, 0.05) is 37.8 Å². The van der Waals surface area contributed by atoms with Crippen LogP contribution in [0.15, 0.2) is 24.3 Å². The Morgan fingerprint density at radius 3 is 2.65 bits per heavy atom. The largest absolute Gasteiger partial charge is 0.342 e. The molecule has 5 nitrogen and oxygen atoms in total. The molecule has 2 unspecified atom stereocenters. The highest BCUT2D eigenvalue weighted by Gasteiger charge is 2.41. The lowest BCUT2D eigenvalue weighted by Gasteiger charge is -2.43. The molecule has 2 N–H and O–H groups in total. The van der Waals surface area contributed by atoms with Gasteiger partial charge in [0.05, 0.1) is 5.92 Å². The van der Waals surface area contributed by atoms with E-state index in [2.05, 4.69) is 20.8 Å². The van der Waals surface area contributed by atoms with Crippen molar-refractivity contribution in [3.63, 3.8) is 0 Å². The van der Waals surface area contributed by atoms with Crippen LogP contribution in [0.4, 0.5) is 5.69 Å². The van der Waals surface area contributed by atoms with Crippen molar-refractivity contribution in [1.82, 2.24) is 4.90 Å². The molecule has 3 rings (SSSR count). The molecular formula is C20H30ClN3O2. The molecule has 2 atom stereocenters. The van der Waals surface area contributed by atoms with E-state index in [4.69, 9.17) is 5.73 Å². The minimum Gasteiger partial charge on any atom is -0.342 e. The van der Waals surface area contributed by atoms with Crippen molar-refractivity contribution in [2.75, 3.05) is 24.5 Å². The highest BCUT2D eigenvalue weighted by Crippen LogP contribution is 2.32. The molecule has 2 amide bonds. The number of piperidine rings is 1. The van der Waals surface area contributed by atoms with Crippen LogP contribution in [0, 0.1) is 11.3 Å².